The first kappa shape index (κ1) is 22.9. The van der Waals surface area contributed by atoms with Gasteiger partial charge in [-0.3, -0.25) is 4.79 Å². The predicted molar refractivity (Wildman–Crippen MR) is 130 cm³/mol. The van der Waals surface area contributed by atoms with E-state index < -0.39 is 0 Å². The Kier molecular flexibility index (Phi) is 7.59. The minimum atomic E-state index is -0.350. The summed E-state index contributed by atoms with van der Waals surface area (Å²) in [4.78, 5) is 26.6. The molecule has 0 saturated heterocycles. The summed E-state index contributed by atoms with van der Waals surface area (Å²) in [7, 11) is 0. The van der Waals surface area contributed by atoms with Crippen LogP contribution >= 0.6 is 34.4 Å². The number of rotatable bonds is 8. The molecule has 168 valence electrons. The molecule has 0 fully saturated rings. The van der Waals surface area contributed by atoms with Crippen LogP contribution in [0.1, 0.15) is 57.1 Å². The van der Waals surface area contributed by atoms with Gasteiger partial charge in [-0.2, -0.15) is 0 Å². The van der Waals surface area contributed by atoms with Gasteiger partial charge in [0, 0.05) is 17.1 Å². The topological polar surface area (TPSA) is 81.2 Å². The SMILES string of the molecule is CCOC(=O)c1c(NC(=O)CCSc2nnc(C)s2)sc2c1CCC(c1ccccc1)C2. The van der Waals surface area contributed by atoms with E-state index in [9.17, 15) is 9.59 Å². The van der Waals surface area contributed by atoms with E-state index in [0.29, 0.717) is 35.3 Å². The van der Waals surface area contributed by atoms with Gasteiger partial charge in [0.2, 0.25) is 5.91 Å². The number of hydrogen-bond acceptors (Lipinski definition) is 8. The zero-order valence-corrected chi connectivity index (χ0v) is 20.5. The maximum atomic E-state index is 12.7. The summed E-state index contributed by atoms with van der Waals surface area (Å²) < 4.78 is 6.19. The van der Waals surface area contributed by atoms with Crippen molar-refractivity contribution in [1.29, 1.82) is 0 Å². The summed E-state index contributed by atoms with van der Waals surface area (Å²) in [6, 6.07) is 10.5. The van der Waals surface area contributed by atoms with Gasteiger partial charge in [-0.25, -0.2) is 4.79 Å². The van der Waals surface area contributed by atoms with Crippen LogP contribution in [0.2, 0.25) is 0 Å². The number of nitrogens with zero attached hydrogens (tertiary/aromatic N) is 2. The molecule has 0 spiro atoms. The van der Waals surface area contributed by atoms with Crippen molar-refractivity contribution in [3.63, 3.8) is 0 Å². The lowest BCUT2D eigenvalue weighted by Crippen LogP contribution is -2.17. The van der Waals surface area contributed by atoms with E-state index in [-0.39, 0.29) is 11.9 Å². The van der Waals surface area contributed by atoms with Gasteiger partial charge in [-0.15, -0.1) is 21.5 Å². The summed E-state index contributed by atoms with van der Waals surface area (Å²) in [5.74, 6) is 0.573. The fourth-order valence-corrected chi connectivity index (χ4v) is 7.02. The Bertz CT molecular complexity index is 1090. The van der Waals surface area contributed by atoms with E-state index in [1.54, 1.807) is 6.92 Å². The van der Waals surface area contributed by atoms with E-state index in [0.717, 1.165) is 34.2 Å². The molecule has 1 unspecified atom stereocenters. The molecule has 9 heteroatoms. The van der Waals surface area contributed by atoms with Crippen molar-refractivity contribution in [2.24, 2.45) is 0 Å². The van der Waals surface area contributed by atoms with Crippen LogP contribution in [0.5, 0.6) is 0 Å². The minimum absolute atomic E-state index is 0.109. The average Bonchev–Trinajstić information content (AvgIpc) is 3.36. The lowest BCUT2D eigenvalue weighted by atomic mass is 9.83. The zero-order chi connectivity index (χ0) is 22.5. The number of anilines is 1. The highest BCUT2D eigenvalue weighted by molar-refractivity contribution is 8.01. The van der Waals surface area contributed by atoms with Crippen molar-refractivity contribution in [1.82, 2.24) is 10.2 Å². The number of nitrogens with one attached hydrogen (secondary N) is 1. The number of amides is 1. The Hall–Kier alpha value is -2.23. The number of carbonyl (C=O) groups is 2. The van der Waals surface area contributed by atoms with Crippen LogP contribution in [0, 0.1) is 6.92 Å². The summed E-state index contributed by atoms with van der Waals surface area (Å²) in [5, 5.41) is 12.6. The first-order chi connectivity index (χ1) is 15.5. The highest BCUT2D eigenvalue weighted by atomic mass is 32.2. The highest BCUT2D eigenvalue weighted by Crippen LogP contribution is 2.42. The normalized spacial score (nSPS) is 15.2. The number of thioether (sulfide) groups is 1. The molecule has 0 bridgehead atoms. The van der Waals surface area contributed by atoms with Gasteiger partial charge in [0.1, 0.15) is 10.0 Å². The number of hydrogen-bond donors (Lipinski definition) is 1. The standard InChI is InChI=1S/C23H25N3O3S3/c1-3-29-22(28)20-17-10-9-16(15-7-5-4-6-8-15)13-18(17)32-21(20)24-19(27)11-12-30-23-26-25-14(2)31-23/h4-8,16H,3,9-13H2,1-2H3,(H,24,27). The number of benzene rings is 1. The van der Waals surface area contributed by atoms with Crippen LogP contribution in [-0.2, 0) is 22.4 Å². The number of aromatic nitrogens is 2. The third-order valence-corrected chi connectivity index (χ3v) is 8.47. The number of ether oxygens (including phenoxy) is 1. The van der Waals surface area contributed by atoms with Crippen LogP contribution in [-0.4, -0.2) is 34.4 Å². The molecule has 4 rings (SSSR count). The van der Waals surface area contributed by atoms with Gasteiger partial charge >= 0.3 is 5.97 Å². The van der Waals surface area contributed by atoms with Crippen molar-refractivity contribution >= 4 is 51.3 Å². The second-order valence-corrected chi connectivity index (χ2v) is 11.1. The first-order valence-electron chi connectivity index (χ1n) is 10.6. The molecule has 6 nitrogen and oxygen atoms in total. The van der Waals surface area contributed by atoms with E-state index in [1.165, 1.54) is 44.9 Å². The molecule has 1 N–H and O–H groups in total. The third-order valence-electron chi connectivity index (χ3n) is 5.33. The van der Waals surface area contributed by atoms with Crippen LogP contribution in [0.25, 0.3) is 0 Å². The molecule has 32 heavy (non-hydrogen) atoms. The fraction of sp³-hybridized carbons (Fsp3) is 0.391. The largest absolute Gasteiger partial charge is 0.462 e. The Labute approximate surface area is 199 Å². The Morgan fingerprint density at radius 3 is 2.75 bits per heavy atom. The van der Waals surface area contributed by atoms with Crippen molar-refractivity contribution in [2.75, 3.05) is 17.7 Å². The highest BCUT2D eigenvalue weighted by Gasteiger charge is 2.30. The molecule has 0 radical (unpaired) electrons. The zero-order valence-electron chi connectivity index (χ0n) is 18.1. The van der Waals surface area contributed by atoms with Crippen LogP contribution in [0.15, 0.2) is 34.7 Å². The molecular weight excluding hydrogens is 462 g/mol. The Balaban J connectivity index is 1.47. The Morgan fingerprint density at radius 1 is 1.22 bits per heavy atom. The summed E-state index contributed by atoms with van der Waals surface area (Å²) >= 11 is 4.56. The second-order valence-electron chi connectivity index (χ2n) is 7.51. The molecule has 1 aliphatic rings. The van der Waals surface area contributed by atoms with Crippen LogP contribution in [0.4, 0.5) is 5.00 Å². The molecule has 2 heterocycles. The van der Waals surface area contributed by atoms with E-state index in [4.69, 9.17) is 4.74 Å². The maximum Gasteiger partial charge on any atom is 0.341 e. The number of fused-ring (bicyclic) bond motifs is 1. The van der Waals surface area contributed by atoms with Crippen molar-refractivity contribution < 1.29 is 14.3 Å². The maximum absolute atomic E-state index is 12.7. The molecule has 3 aromatic rings. The first-order valence-corrected chi connectivity index (χ1v) is 13.3. The molecule has 1 aromatic carbocycles. The van der Waals surface area contributed by atoms with E-state index in [1.807, 2.05) is 13.0 Å². The monoisotopic (exact) mass is 487 g/mol. The summed E-state index contributed by atoms with van der Waals surface area (Å²) in [6.45, 7) is 4.01. The summed E-state index contributed by atoms with van der Waals surface area (Å²) in [5.41, 5.74) is 2.90. The number of carbonyl (C=O) groups excluding carboxylic acids is 2. The summed E-state index contributed by atoms with van der Waals surface area (Å²) in [6.07, 6.45) is 2.99. The van der Waals surface area contributed by atoms with Gasteiger partial charge < -0.3 is 10.1 Å². The van der Waals surface area contributed by atoms with Gasteiger partial charge in [0.05, 0.1) is 12.2 Å². The quantitative estimate of drug-likeness (QED) is 0.335. The molecule has 1 amide bonds. The van der Waals surface area contributed by atoms with Crippen LogP contribution < -0.4 is 5.32 Å². The smallest absolute Gasteiger partial charge is 0.341 e. The molecule has 2 aromatic heterocycles. The number of thiophene rings is 1. The second kappa shape index (κ2) is 10.6. The van der Waals surface area contributed by atoms with Gasteiger partial charge in [0.25, 0.3) is 0 Å². The minimum Gasteiger partial charge on any atom is -0.462 e. The number of aryl methyl sites for hydroxylation is 1. The molecule has 1 atom stereocenters. The lowest BCUT2D eigenvalue weighted by Gasteiger charge is -2.23. The predicted octanol–water partition coefficient (Wildman–Crippen LogP) is 5.48. The van der Waals surface area contributed by atoms with Crippen molar-refractivity contribution in [2.45, 2.75) is 49.8 Å². The molecular formula is C23H25N3O3S3. The van der Waals surface area contributed by atoms with E-state index >= 15 is 0 Å². The van der Waals surface area contributed by atoms with E-state index in [2.05, 4.69) is 39.8 Å². The number of esters is 1. The van der Waals surface area contributed by atoms with Gasteiger partial charge in [0.15, 0.2) is 4.34 Å². The average molecular weight is 488 g/mol. The lowest BCUT2D eigenvalue weighted by molar-refractivity contribution is -0.115. The fourth-order valence-electron chi connectivity index (χ4n) is 3.86. The van der Waals surface area contributed by atoms with Crippen molar-refractivity contribution in [3.05, 3.63) is 56.9 Å². The molecule has 0 aliphatic heterocycles. The van der Waals surface area contributed by atoms with Gasteiger partial charge in [-0.1, -0.05) is 53.4 Å². The molecule has 1 aliphatic carbocycles. The van der Waals surface area contributed by atoms with Gasteiger partial charge in [-0.05, 0) is 50.2 Å². The van der Waals surface area contributed by atoms with Crippen LogP contribution in [0.3, 0.4) is 0 Å². The third kappa shape index (κ3) is 5.39. The Morgan fingerprint density at radius 2 is 2.03 bits per heavy atom. The molecule has 0 saturated carbocycles. The van der Waals surface area contributed by atoms with Crippen molar-refractivity contribution in [3.8, 4) is 0 Å².